The summed E-state index contributed by atoms with van der Waals surface area (Å²) in [6.45, 7) is -2.90. The van der Waals surface area contributed by atoms with Crippen LogP contribution in [-0.4, -0.2) is 21.4 Å². The Kier molecular flexibility index (Phi) is 5.77. The Labute approximate surface area is 165 Å². The second-order valence-corrected chi connectivity index (χ2v) is 6.09. The van der Waals surface area contributed by atoms with Crippen molar-refractivity contribution in [3.63, 3.8) is 0 Å². The standard InChI is InChI=1S/C20H14F2N4OS/c21-20(22)27-17-8-6-13(7-9-17)18-15(10-14(11-23)19(24)28)12-26(25-18)16-4-2-1-3-5-16/h1-10,12,20H,(H2,24,28)/b14-10+. The van der Waals surface area contributed by atoms with E-state index in [0.29, 0.717) is 16.8 Å². The molecular weight excluding hydrogens is 382 g/mol. The third kappa shape index (κ3) is 4.39. The molecule has 2 aromatic carbocycles. The van der Waals surface area contributed by atoms with Crippen LogP contribution in [0.2, 0.25) is 0 Å². The monoisotopic (exact) mass is 396 g/mol. The third-order valence-corrected chi connectivity index (χ3v) is 4.02. The minimum atomic E-state index is -2.90. The first-order valence-corrected chi connectivity index (χ1v) is 8.50. The molecule has 8 heteroatoms. The fraction of sp³-hybridized carbons (Fsp3) is 0.0500. The maximum atomic E-state index is 12.4. The van der Waals surface area contributed by atoms with E-state index in [2.05, 4.69) is 9.84 Å². The Morgan fingerprint density at radius 2 is 1.86 bits per heavy atom. The molecule has 0 radical (unpaired) electrons. The topological polar surface area (TPSA) is 76.9 Å². The Morgan fingerprint density at radius 1 is 1.18 bits per heavy atom. The number of thiocarbonyl (C=S) groups is 1. The number of para-hydroxylation sites is 1. The Morgan fingerprint density at radius 3 is 2.43 bits per heavy atom. The summed E-state index contributed by atoms with van der Waals surface area (Å²) in [5.74, 6) is 0.0409. The number of benzene rings is 2. The van der Waals surface area contributed by atoms with Gasteiger partial charge in [0, 0.05) is 17.3 Å². The molecule has 0 amide bonds. The molecule has 0 saturated heterocycles. The van der Waals surface area contributed by atoms with Crippen LogP contribution in [0.15, 0.2) is 66.4 Å². The second-order valence-electron chi connectivity index (χ2n) is 5.65. The van der Waals surface area contributed by atoms with Crippen LogP contribution < -0.4 is 10.5 Å². The van der Waals surface area contributed by atoms with E-state index in [4.69, 9.17) is 18.0 Å². The zero-order chi connectivity index (χ0) is 20.1. The summed E-state index contributed by atoms with van der Waals surface area (Å²) in [6, 6.07) is 17.4. The number of aromatic nitrogens is 2. The van der Waals surface area contributed by atoms with E-state index in [1.165, 1.54) is 12.1 Å². The number of hydrogen-bond acceptors (Lipinski definition) is 4. The number of ether oxygens (including phenoxy) is 1. The van der Waals surface area contributed by atoms with Crippen molar-refractivity contribution in [3.8, 4) is 28.8 Å². The molecule has 3 aromatic rings. The van der Waals surface area contributed by atoms with Crippen molar-refractivity contribution in [3.05, 3.63) is 71.9 Å². The number of halogens is 2. The number of hydrogen-bond donors (Lipinski definition) is 1. The van der Waals surface area contributed by atoms with Crippen molar-refractivity contribution >= 4 is 23.3 Å². The molecule has 0 aliphatic carbocycles. The van der Waals surface area contributed by atoms with E-state index in [9.17, 15) is 14.0 Å². The lowest BCUT2D eigenvalue weighted by Gasteiger charge is -2.05. The van der Waals surface area contributed by atoms with Crippen molar-refractivity contribution in [1.82, 2.24) is 9.78 Å². The summed E-state index contributed by atoms with van der Waals surface area (Å²) in [5.41, 5.74) is 8.35. The minimum absolute atomic E-state index is 0.0263. The SMILES string of the molecule is N#C/C(=C\c1cn(-c2ccccc2)nc1-c1ccc(OC(F)F)cc1)C(N)=S. The first-order chi connectivity index (χ1) is 13.5. The van der Waals surface area contributed by atoms with Crippen LogP contribution in [0.5, 0.6) is 5.75 Å². The van der Waals surface area contributed by atoms with Crippen molar-refractivity contribution in [2.24, 2.45) is 5.73 Å². The molecule has 0 bridgehead atoms. The van der Waals surface area contributed by atoms with Gasteiger partial charge in [-0.25, -0.2) is 4.68 Å². The third-order valence-electron chi connectivity index (χ3n) is 3.80. The molecule has 3 rings (SSSR count). The predicted octanol–water partition coefficient (Wildman–Crippen LogP) is 4.33. The van der Waals surface area contributed by atoms with Crippen LogP contribution in [0, 0.1) is 11.3 Å². The van der Waals surface area contributed by atoms with Gasteiger partial charge in [-0.1, -0.05) is 30.4 Å². The predicted molar refractivity (Wildman–Crippen MR) is 106 cm³/mol. The van der Waals surface area contributed by atoms with Gasteiger partial charge in [0.25, 0.3) is 0 Å². The summed E-state index contributed by atoms with van der Waals surface area (Å²) in [7, 11) is 0. The second kappa shape index (κ2) is 8.41. The molecular formula is C20H14F2N4OS. The highest BCUT2D eigenvalue weighted by molar-refractivity contribution is 7.80. The highest BCUT2D eigenvalue weighted by Gasteiger charge is 2.13. The molecule has 28 heavy (non-hydrogen) atoms. The van der Waals surface area contributed by atoms with Crippen molar-refractivity contribution in [1.29, 1.82) is 5.26 Å². The number of rotatable bonds is 6. The fourth-order valence-electron chi connectivity index (χ4n) is 2.54. The van der Waals surface area contributed by atoms with E-state index in [1.807, 2.05) is 36.4 Å². The summed E-state index contributed by atoms with van der Waals surface area (Å²) < 4.78 is 30.7. The van der Waals surface area contributed by atoms with Gasteiger partial charge in [0.05, 0.1) is 17.0 Å². The summed E-state index contributed by atoms with van der Waals surface area (Å²) in [4.78, 5) is -0.0263. The van der Waals surface area contributed by atoms with Gasteiger partial charge in [-0.15, -0.1) is 0 Å². The van der Waals surface area contributed by atoms with Gasteiger partial charge in [-0.05, 0) is 42.5 Å². The quantitative estimate of drug-likeness (QED) is 0.381. The van der Waals surface area contributed by atoms with E-state index < -0.39 is 6.61 Å². The Hall–Kier alpha value is -3.57. The first-order valence-electron chi connectivity index (χ1n) is 8.10. The number of nitrogens with zero attached hydrogens (tertiary/aromatic N) is 3. The lowest BCUT2D eigenvalue weighted by molar-refractivity contribution is -0.0498. The maximum absolute atomic E-state index is 12.4. The molecule has 0 fully saturated rings. The molecule has 0 aliphatic rings. The van der Waals surface area contributed by atoms with Crippen LogP contribution in [-0.2, 0) is 0 Å². The average molecular weight is 396 g/mol. The van der Waals surface area contributed by atoms with Gasteiger partial charge < -0.3 is 10.5 Å². The minimum Gasteiger partial charge on any atom is -0.435 e. The van der Waals surface area contributed by atoms with Gasteiger partial charge in [0.2, 0.25) is 0 Å². The molecule has 1 aromatic heterocycles. The molecule has 5 nitrogen and oxygen atoms in total. The van der Waals surface area contributed by atoms with E-state index >= 15 is 0 Å². The summed E-state index contributed by atoms with van der Waals surface area (Å²) >= 11 is 4.90. The molecule has 1 heterocycles. The van der Waals surface area contributed by atoms with Crippen LogP contribution in [0.3, 0.4) is 0 Å². The van der Waals surface area contributed by atoms with Crippen LogP contribution >= 0.6 is 12.2 Å². The molecule has 140 valence electrons. The van der Waals surface area contributed by atoms with Crippen molar-refractivity contribution < 1.29 is 13.5 Å². The zero-order valence-corrected chi connectivity index (χ0v) is 15.2. The molecule has 2 N–H and O–H groups in total. The Balaban J connectivity index is 2.09. The van der Waals surface area contributed by atoms with E-state index in [1.54, 1.807) is 29.1 Å². The number of alkyl halides is 2. The smallest absolute Gasteiger partial charge is 0.387 e. The average Bonchev–Trinajstić information content (AvgIpc) is 3.10. The van der Waals surface area contributed by atoms with Crippen LogP contribution in [0.1, 0.15) is 5.56 Å². The zero-order valence-electron chi connectivity index (χ0n) is 14.4. The van der Waals surface area contributed by atoms with Gasteiger partial charge in [0.15, 0.2) is 0 Å². The van der Waals surface area contributed by atoms with Crippen molar-refractivity contribution in [2.45, 2.75) is 6.61 Å². The van der Waals surface area contributed by atoms with E-state index in [-0.39, 0.29) is 16.3 Å². The fourth-order valence-corrected chi connectivity index (χ4v) is 2.64. The molecule has 0 unspecified atom stereocenters. The van der Waals surface area contributed by atoms with Crippen LogP contribution in [0.4, 0.5) is 8.78 Å². The van der Waals surface area contributed by atoms with Gasteiger partial charge in [-0.2, -0.15) is 19.1 Å². The highest BCUT2D eigenvalue weighted by Crippen LogP contribution is 2.28. The lowest BCUT2D eigenvalue weighted by atomic mass is 10.1. The summed E-state index contributed by atoms with van der Waals surface area (Å²) in [6.07, 6.45) is 3.29. The van der Waals surface area contributed by atoms with Gasteiger partial charge in [0.1, 0.15) is 16.8 Å². The number of nitrogens with two attached hydrogens (primary N) is 1. The van der Waals surface area contributed by atoms with Gasteiger partial charge >= 0.3 is 6.61 Å². The number of nitriles is 1. The Bertz CT molecular complexity index is 1050. The van der Waals surface area contributed by atoms with Crippen LogP contribution in [0.25, 0.3) is 23.0 Å². The molecule has 0 saturated carbocycles. The summed E-state index contributed by atoms with van der Waals surface area (Å²) in [5, 5.41) is 13.8. The normalized spacial score (nSPS) is 11.3. The van der Waals surface area contributed by atoms with Crippen molar-refractivity contribution in [2.75, 3.05) is 0 Å². The largest absolute Gasteiger partial charge is 0.435 e. The van der Waals surface area contributed by atoms with E-state index in [0.717, 1.165) is 5.69 Å². The van der Waals surface area contributed by atoms with Gasteiger partial charge in [-0.3, -0.25) is 0 Å². The highest BCUT2D eigenvalue weighted by atomic mass is 32.1. The lowest BCUT2D eigenvalue weighted by Crippen LogP contribution is -2.09. The maximum Gasteiger partial charge on any atom is 0.387 e. The molecule has 0 aliphatic heterocycles. The molecule has 0 spiro atoms. The molecule has 0 atom stereocenters. The first kappa shape index (κ1) is 19.2.